The molecule has 1 amide bonds. The van der Waals surface area contributed by atoms with Gasteiger partial charge in [-0.1, -0.05) is 12.1 Å². The second-order valence-electron chi connectivity index (χ2n) is 7.06. The number of hydrogen-bond acceptors (Lipinski definition) is 5. The van der Waals surface area contributed by atoms with Crippen LogP contribution < -0.4 is 10.3 Å². The molecule has 3 aromatic rings. The van der Waals surface area contributed by atoms with Gasteiger partial charge in [-0.2, -0.15) is 0 Å². The van der Waals surface area contributed by atoms with Crippen LogP contribution in [0.25, 0.3) is 10.2 Å². The third kappa shape index (κ3) is 3.20. The Balaban J connectivity index is 1.60. The minimum Gasteiger partial charge on any atom is -0.494 e. The number of amides is 1. The van der Waals surface area contributed by atoms with Gasteiger partial charge in [-0.15, -0.1) is 11.3 Å². The number of carbonyl (C=O) groups excluding carboxylic acids is 1. The number of rotatable bonds is 5. The first-order valence-electron chi connectivity index (χ1n) is 9.49. The molecule has 1 aliphatic rings. The molecule has 1 aromatic carbocycles. The zero-order valence-corrected chi connectivity index (χ0v) is 17.1. The van der Waals surface area contributed by atoms with Gasteiger partial charge in [0, 0.05) is 26.6 Å². The SMILES string of the molecule is CCOc1ccc(CN(C)C(=O)c2sc3nc4n(c(=O)c3c2C)CCC4)cc1. The summed E-state index contributed by atoms with van der Waals surface area (Å²) in [5.74, 6) is 1.57. The Kier molecular flexibility index (Phi) is 4.93. The van der Waals surface area contributed by atoms with E-state index in [9.17, 15) is 9.59 Å². The van der Waals surface area contributed by atoms with Crippen molar-refractivity contribution in [2.45, 2.75) is 39.8 Å². The van der Waals surface area contributed by atoms with E-state index in [1.807, 2.05) is 38.1 Å². The molecule has 1 aliphatic heterocycles. The Morgan fingerprint density at radius 2 is 2.07 bits per heavy atom. The van der Waals surface area contributed by atoms with Gasteiger partial charge in [0.25, 0.3) is 11.5 Å². The Morgan fingerprint density at radius 1 is 1.32 bits per heavy atom. The largest absolute Gasteiger partial charge is 0.494 e. The number of fused-ring (bicyclic) bond motifs is 2. The molecule has 0 radical (unpaired) electrons. The van der Waals surface area contributed by atoms with E-state index >= 15 is 0 Å². The Morgan fingerprint density at radius 3 is 2.79 bits per heavy atom. The molecule has 4 rings (SSSR count). The van der Waals surface area contributed by atoms with E-state index in [-0.39, 0.29) is 11.5 Å². The summed E-state index contributed by atoms with van der Waals surface area (Å²) in [6, 6.07) is 7.75. The Bertz CT molecular complexity index is 1100. The first-order valence-corrected chi connectivity index (χ1v) is 10.3. The van der Waals surface area contributed by atoms with Gasteiger partial charge in [0.2, 0.25) is 0 Å². The molecule has 2 aromatic heterocycles. The Labute approximate surface area is 167 Å². The van der Waals surface area contributed by atoms with Gasteiger partial charge in [-0.3, -0.25) is 14.2 Å². The highest BCUT2D eigenvalue weighted by molar-refractivity contribution is 7.20. The summed E-state index contributed by atoms with van der Waals surface area (Å²) in [7, 11) is 1.78. The fraction of sp³-hybridized carbons (Fsp3) is 0.381. The molecule has 0 saturated heterocycles. The number of benzene rings is 1. The molecule has 0 N–H and O–H groups in total. The minimum atomic E-state index is -0.0843. The normalized spacial score (nSPS) is 13.0. The van der Waals surface area contributed by atoms with Crippen molar-refractivity contribution in [3.05, 3.63) is 56.4 Å². The van der Waals surface area contributed by atoms with Gasteiger partial charge in [0.1, 0.15) is 16.4 Å². The molecule has 3 heterocycles. The summed E-state index contributed by atoms with van der Waals surface area (Å²) in [5.41, 5.74) is 1.75. The summed E-state index contributed by atoms with van der Waals surface area (Å²) >= 11 is 1.32. The van der Waals surface area contributed by atoms with E-state index in [2.05, 4.69) is 4.98 Å². The first kappa shape index (κ1) is 18.7. The molecule has 7 heteroatoms. The van der Waals surface area contributed by atoms with Gasteiger partial charge in [0.15, 0.2) is 0 Å². The fourth-order valence-corrected chi connectivity index (χ4v) is 4.84. The smallest absolute Gasteiger partial charge is 0.264 e. The van der Waals surface area contributed by atoms with E-state index in [1.165, 1.54) is 11.3 Å². The highest BCUT2D eigenvalue weighted by Gasteiger charge is 2.24. The van der Waals surface area contributed by atoms with Gasteiger partial charge in [-0.05, 0) is 43.5 Å². The minimum absolute atomic E-state index is 0.0144. The maximum Gasteiger partial charge on any atom is 0.264 e. The molecule has 0 unspecified atom stereocenters. The van der Waals surface area contributed by atoms with Crippen LogP contribution in [0.15, 0.2) is 29.1 Å². The highest BCUT2D eigenvalue weighted by Crippen LogP contribution is 2.29. The first-order chi connectivity index (χ1) is 13.5. The molecule has 6 nitrogen and oxygen atoms in total. The van der Waals surface area contributed by atoms with E-state index in [0.29, 0.717) is 34.8 Å². The number of thiophene rings is 1. The van der Waals surface area contributed by atoms with E-state index in [1.54, 1.807) is 16.5 Å². The van der Waals surface area contributed by atoms with E-state index < -0.39 is 0 Å². The number of aryl methyl sites for hydroxylation is 2. The summed E-state index contributed by atoms with van der Waals surface area (Å²) < 4.78 is 7.21. The van der Waals surface area contributed by atoms with Crippen molar-refractivity contribution >= 4 is 27.5 Å². The number of nitrogens with zero attached hydrogens (tertiary/aromatic N) is 3. The van der Waals surface area contributed by atoms with Crippen molar-refractivity contribution in [3.8, 4) is 5.75 Å². The van der Waals surface area contributed by atoms with E-state index in [4.69, 9.17) is 4.74 Å². The predicted molar refractivity (Wildman–Crippen MR) is 110 cm³/mol. The number of ether oxygens (including phenoxy) is 1. The van der Waals surface area contributed by atoms with Crippen LogP contribution in [0.1, 0.15) is 40.0 Å². The summed E-state index contributed by atoms with van der Waals surface area (Å²) in [4.78, 5) is 33.5. The molecular formula is C21H23N3O3S. The number of carbonyl (C=O) groups is 1. The van der Waals surface area contributed by atoms with Gasteiger partial charge < -0.3 is 9.64 Å². The maximum absolute atomic E-state index is 13.0. The molecule has 146 valence electrons. The molecule has 0 fully saturated rings. The van der Waals surface area contributed by atoms with Gasteiger partial charge in [-0.25, -0.2) is 4.98 Å². The quantitative estimate of drug-likeness (QED) is 0.662. The van der Waals surface area contributed by atoms with Crippen molar-refractivity contribution < 1.29 is 9.53 Å². The lowest BCUT2D eigenvalue weighted by atomic mass is 10.1. The lowest BCUT2D eigenvalue weighted by Gasteiger charge is -2.17. The van der Waals surface area contributed by atoms with Crippen LogP contribution in [-0.2, 0) is 19.5 Å². The van der Waals surface area contributed by atoms with Crippen molar-refractivity contribution in [2.75, 3.05) is 13.7 Å². The average molecular weight is 398 g/mol. The lowest BCUT2D eigenvalue weighted by molar-refractivity contribution is 0.0789. The zero-order valence-electron chi connectivity index (χ0n) is 16.3. The number of hydrogen-bond donors (Lipinski definition) is 0. The molecular weight excluding hydrogens is 374 g/mol. The lowest BCUT2D eigenvalue weighted by Crippen LogP contribution is -2.26. The molecule has 28 heavy (non-hydrogen) atoms. The second kappa shape index (κ2) is 7.39. The van der Waals surface area contributed by atoms with Crippen LogP contribution in [0.5, 0.6) is 5.75 Å². The summed E-state index contributed by atoms with van der Waals surface area (Å²) in [5, 5.41) is 0.591. The predicted octanol–water partition coefficient (Wildman–Crippen LogP) is 3.38. The van der Waals surface area contributed by atoms with Crippen LogP contribution in [-0.4, -0.2) is 34.0 Å². The van der Waals surface area contributed by atoms with Crippen molar-refractivity contribution in [1.82, 2.24) is 14.5 Å². The molecule has 0 aliphatic carbocycles. The van der Waals surface area contributed by atoms with Crippen LogP contribution in [0.4, 0.5) is 0 Å². The zero-order chi connectivity index (χ0) is 19.8. The van der Waals surface area contributed by atoms with Crippen LogP contribution >= 0.6 is 11.3 Å². The maximum atomic E-state index is 13.0. The standard InChI is InChI=1S/C21H23N3O3S/c1-4-27-15-9-7-14(8-10-15)12-23(3)21(26)18-13(2)17-19(28-18)22-16-6-5-11-24(16)20(17)25/h7-10H,4-6,11-12H2,1-3H3. The third-order valence-corrected chi connectivity index (χ3v) is 6.28. The monoisotopic (exact) mass is 397 g/mol. The van der Waals surface area contributed by atoms with Crippen LogP contribution in [0.2, 0.25) is 0 Å². The van der Waals surface area contributed by atoms with Crippen molar-refractivity contribution in [2.24, 2.45) is 0 Å². The fourth-order valence-electron chi connectivity index (χ4n) is 3.66. The summed E-state index contributed by atoms with van der Waals surface area (Å²) in [6.07, 6.45) is 1.78. The van der Waals surface area contributed by atoms with Gasteiger partial charge >= 0.3 is 0 Å². The molecule has 0 atom stereocenters. The molecule has 0 bridgehead atoms. The molecule has 0 spiro atoms. The Hall–Kier alpha value is -2.67. The van der Waals surface area contributed by atoms with Crippen molar-refractivity contribution in [1.29, 1.82) is 0 Å². The summed E-state index contributed by atoms with van der Waals surface area (Å²) in [6.45, 7) is 5.63. The third-order valence-electron chi connectivity index (χ3n) is 5.11. The average Bonchev–Trinajstić information content (AvgIpc) is 3.28. The number of aromatic nitrogens is 2. The van der Waals surface area contributed by atoms with Crippen LogP contribution in [0.3, 0.4) is 0 Å². The van der Waals surface area contributed by atoms with Crippen molar-refractivity contribution in [3.63, 3.8) is 0 Å². The second-order valence-corrected chi connectivity index (χ2v) is 8.06. The topological polar surface area (TPSA) is 64.4 Å². The van der Waals surface area contributed by atoms with Gasteiger partial charge in [0.05, 0.1) is 16.9 Å². The van der Waals surface area contributed by atoms with Crippen LogP contribution in [0, 0.1) is 6.92 Å². The highest BCUT2D eigenvalue weighted by atomic mass is 32.1. The molecule has 0 saturated carbocycles. The van der Waals surface area contributed by atoms with E-state index in [0.717, 1.165) is 35.5 Å².